The van der Waals surface area contributed by atoms with Crippen LogP contribution in [0.4, 0.5) is 0 Å². The van der Waals surface area contributed by atoms with Crippen LogP contribution in [0.5, 0.6) is 0 Å². The van der Waals surface area contributed by atoms with Crippen molar-refractivity contribution < 1.29 is 9.90 Å². The van der Waals surface area contributed by atoms with E-state index in [9.17, 15) is 9.90 Å². The lowest BCUT2D eigenvalue weighted by Crippen LogP contribution is -2.31. The number of carbonyl (C=O) groups is 1. The van der Waals surface area contributed by atoms with Gasteiger partial charge in [-0.3, -0.25) is 4.79 Å². The molecule has 18 heavy (non-hydrogen) atoms. The van der Waals surface area contributed by atoms with Crippen molar-refractivity contribution in [2.75, 3.05) is 13.1 Å². The maximum absolute atomic E-state index is 11.8. The molecule has 1 rings (SSSR count). The van der Waals surface area contributed by atoms with Gasteiger partial charge in [0.25, 0.3) is 0 Å². The number of benzene rings is 1. The molecule has 1 aromatic carbocycles. The summed E-state index contributed by atoms with van der Waals surface area (Å²) in [4.78, 5) is 13.5. The van der Waals surface area contributed by atoms with Crippen LogP contribution in [0.15, 0.2) is 24.3 Å². The lowest BCUT2D eigenvalue weighted by molar-refractivity contribution is -0.132. The van der Waals surface area contributed by atoms with E-state index < -0.39 is 6.10 Å². The van der Waals surface area contributed by atoms with Gasteiger partial charge in [-0.2, -0.15) is 5.26 Å². The molecule has 0 aliphatic rings. The molecule has 0 saturated heterocycles. The Morgan fingerprint density at radius 3 is 2.33 bits per heavy atom. The predicted octanol–water partition coefficient (Wildman–Crippen LogP) is 1.85. The van der Waals surface area contributed by atoms with Crippen molar-refractivity contribution in [1.29, 1.82) is 5.26 Å². The van der Waals surface area contributed by atoms with E-state index in [1.807, 2.05) is 19.9 Å². The molecule has 1 atom stereocenters. The molecule has 0 saturated carbocycles. The molecule has 1 amide bonds. The second-order valence-electron chi connectivity index (χ2n) is 4.02. The summed E-state index contributed by atoms with van der Waals surface area (Å²) in [6, 6.07) is 8.65. The summed E-state index contributed by atoms with van der Waals surface area (Å²) in [6.45, 7) is 5.12. The number of hydrogen-bond acceptors (Lipinski definition) is 3. The lowest BCUT2D eigenvalue weighted by atomic mass is 10.0. The fourth-order valence-electron chi connectivity index (χ4n) is 1.77. The van der Waals surface area contributed by atoms with Crippen LogP contribution in [-0.2, 0) is 4.79 Å². The van der Waals surface area contributed by atoms with Crippen LogP contribution in [-0.4, -0.2) is 29.0 Å². The largest absolute Gasteiger partial charge is 0.388 e. The number of aliphatic hydroxyl groups excluding tert-OH is 1. The van der Waals surface area contributed by atoms with Crippen molar-refractivity contribution in [2.24, 2.45) is 0 Å². The standard InChI is InChI=1S/C14H18N2O2/c1-3-16(4-2)14(18)9-13(17)12-7-5-11(10-15)6-8-12/h5-8,13,17H,3-4,9H2,1-2H3. The van der Waals surface area contributed by atoms with Gasteiger partial charge in [0.15, 0.2) is 0 Å². The smallest absolute Gasteiger partial charge is 0.225 e. The van der Waals surface area contributed by atoms with Crippen LogP contribution < -0.4 is 0 Å². The fraction of sp³-hybridized carbons (Fsp3) is 0.429. The van der Waals surface area contributed by atoms with Gasteiger partial charge >= 0.3 is 0 Å². The van der Waals surface area contributed by atoms with Crippen LogP contribution in [0, 0.1) is 11.3 Å². The molecule has 0 aromatic heterocycles. The summed E-state index contributed by atoms with van der Waals surface area (Å²) in [5.74, 6) is -0.0585. The third kappa shape index (κ3) is 3.57. The van der Waals surface area contributed by atoms with Crippen molar-refractivity contribution in [3.05, 3.63) is 35.4 Å². The van der Waals surface area contributed by atoms with E-state index in [2.05, 4.69) is 0 Å². The number of nitriles is 1. The first-order chi connectivity index (χ1) is 8.62. The highest BCUT2D eigenvalue weighted by Gasteiger charge is 2.16. The summed E-state index contributed by atoms with van der Waals surface area (Å²) < 4.78 is 0. The first-order valence-corrected chi connectivity index (χ1v) is 6.08. The van der Waals surface area contributed by atoms with Gasteiger partial charge in [-0.25, -0.2) is 0 Å². The zero-order chi connectivity index (χ0) is 13.5. The highest BCUT2D eigenvalue weighted by Crippen LogP contribution is 2.18. The normalized spacial score (nSPS) is 11.7. The highest BCUT2D eigenvalue weighted by molar-refractivity contribution is 5.76. The van der Waals surface area contributed by atoms with E-state index in [1.54, 1.807) is 29.2 Å². The highest BCUT2D eigenvalue weighted by atomic mass is 16.3. The Morgan fingerprint density at radius 1 is 1.33 bits per heavy atom. The third-order valence-corrected chi connectivity index (χ3v) is 2.91. The van der Waals surface area contributed by atoms with Gasteiger partial charge in [0.1, 0.15) is 0 Å². The van der Waals surface area contributed by atoms with Crippen molar-refractivity contribution >= 4 is 5.91 Å². The monoisotopic (exact) mass is 246 g/mol. The quantitative estimate of drug-likeness (QED) is 0.862. The molecular formula is C14H18N2O2. The minimum atomic E-state index is -0.814. The third-order valence-electron chi connectivity index (χ3n) is 2.91. The number of aliphatic hydroxyl groups is 1. The number of hydrogen-bond donors (Lipinski definition) is 1. The molecule has 0 aliphatic heterocycles. The molecule has 0 aliphatic carbocycles. The van der Waals surface area contributed by atoms with Gasteiger partial charge in [0, 0.05) is 13.1 Å². The fourth-order valence-corrected chi connectivity index (χ4v) is 1.77. The second-order valence-corrected chi connectivity index (χ2v) is 4.02. The summed E-state index contributed by atoms with van der Waals surface area (Å²) in [5, 5.41) is 18.6. The molecule has 1 unspecified atom stereocenters. The zero-order valence-electron chi connectivity index (χ0n) is 10.8. The Hall–Kier alpha value is -1.86. The number of rotatable bonds is 5. The Balaban J connectivity index is 2.67. The minimum absolute atomic E-state index is 0.0585. The van der Waals surface area contributed by atoms with Crippen LogP contribution in [0.25, 0.3) is 0 Å². The summed E-state index contributed by atoms with van der Waals surface area (Å²) in [5.41, 5.74) is 1.20. The molecule has 4 nitrogen and oxygen atoms in total. The van der Waals surface area contributed by atoms with Crippen molar-refractivity contribution in [3.8, 4) is 6.07 Å². The Labute approximate surface area is 107 Å². The van der Waals surface area contributed by atoms with Crippen LogP contribution in [0.2, 0.25) is 0 Å². The SMILES string of the molecule is CCN(CC)C(=O)CC(O)c1ccc(C#N)cc1. The van der Waals surface area contributed by atoms with Crippen molar-refractivity contribution in [2.45, 2.75) is 26.4 Å². The molecule has 1 aromatic rings. The predicted molar refractivity (Wildman–Crippen MR) is 68.7 cm³/mol. The minimum Gasteiger partial charge on any atom is -0.388 e. The maximum atomic E-state index is 11.8. The number of nitrogens with zero attached hydrogens (tertiary/aromatic N) is 2. The van der Waals surface area contributed by atoms with Crippen LogP contribution >= 0.6 is 0 Å². The maximum Gasteiger partial charge on any atom is 0.225 e. The van der Waals surface area contributed by atoms with Gasteiger partial charge in [-0.1, -0.05) is 12.1 Å². The Morgan fingerprint density at radius 2 is 1.89 bits per heavy atom. The van der Waals surface area contributed by atoms with Crippen molar-refractivity contribution in [3.63, 3.8) is 0 Å². The topological polar surface area (TPSA) is 64.3 Å². The van der Waals surface area contributed by atoms with Gasteiger partial charge in [-0.15, -0.1) is 0 Å². The molecule has 0 bridgehead atoms. The van der Waals surface area contributed by atoms with E-state index >= 15 is 0 Å². The molecule has 4 heteroatoms. The number of carbonyl (C=O) groups excluding carboxylic acids is 1. The summed E-state index contributed by atoms with van der Waals surface area (Å²) in [6.07, 6.45) is -0.737. The molecule has 1 N–H and O–H groups in total. The number of amides is 1. The van der Waals surface area contributed by atoms with Gasteiger partial charge < -0.3 is 10.0 Å². The first-order valence-electron chi connectivity index (χ1n) is 6.08. The lowest BCUT2D eigenvalue weighted by Gasteiger charge is -2.20. The van der Waals surface area contributed by atoms with Gasteiger partial charge in [0.05, 0.1) is 24.2 Å². The zero-order valence-corrected chi connectivity index (χ0v) is 10.8. The Bertz CT molecular complexity index is 430. The second kappa shape index (κ2) is 6.77. The molecule has 0 spiro atoms. The summed E-state index contributed by atoms with van der Waals surface area (Å²) >= 11 is 0. The van der Waals surface area contributed by atoms with E-state index in [-0.39, 0.29) is 12.3 Å². The van der Waals surface area contributed by atoms with E-state index in [4.69, 9.17) is 5.26 Å². The Kier molecular flexibility index (Phi) is 5.34. The van der Waals surface area contributed by atoms with Gasteiger partial charge in [-0.05, 0) is 31.5 Å². The first kappa shape index (κ1) is 14.2. The van der Waals surface area contributed by atoms with Gasteiger partial charge in [0.2, 0.25) is 5.91 Å². The molecular weight excluding hydrogens is 228 g/mol. The van der Waals surface area contributed by atoms with E-state index in [1.165, 1.54) is 0 Å². The van der Waals surface area contributed by atoms with Crippen LogP contribution in [0.3, 0.4) is 0 Å². The molecule has 0 radical (unpaired) electrons. The molecule has 0 fully saturated rings. The van der Waals surface area contributed by atoms with Crippen LogP contribution in [0.1, 0.15) is 37.5 Å². The average molecular weight is 246 g/mol. The average Bonchev–Trinajstić information content (AvgIpc) is 2.40. The molecule has 0 heterocycles. The van der Waals surface area contributed by atoms with Crippen molar-refractivity contribution in [1.82, 2.24) is 4.90 Å². The van der Waals surface area contributed by atoms with E-state index in [0.29, 0.717) is 24.2 Å². The van der Waals surface area contributed by atoms with E-state index in [0.717, 1.165) is 0 Å². The summed E-state index contributed by atoms with van der Waals surface area (Å²) in [7, 11) is 0. The molecule has 96 valence electrons.